The molecule has 3 nitrogen and oxygen atoms in total. The molecule has 0 bridgehead atoms. The molecule has 0 amide bonds. The molecule has 1 atom stereocenters. The summed E-state index contributed by atoms with van der Waals surface area (Å²) in [6.07, 6.45) is 4.10. The summed E-state index contributed by atoms with van der Waals surface area (Å²) in [5.41, 5.74) is 5.79. The van der Waals surface area contributed by atoms with Crippen molar-refractivity contribution in [3.63, 3.8) is 0 Å². The van der Waals surface area contributed by atoms with Gasteiger partial charge in [0.15, 0.2) is 0 Å². The molecule has 0 heterocycles. The maximum absolute atomic E-state index is 10.6. The molecule has 0 saturated carbocycles. The van der Waals surface area contributed by atoms with Gasteiger partial charge in [-0.3, -0.25) is 0 Å². The largest absolute Gasteiger partial charge is 0.490 e. The minimum absolute atomic E-state index is 0.455. The van der Waals surface area contributed by atoms with Crippen molar-refractivity contribution >= 4 is 5.97 Å². The quantitative estimate of drug-likeness (QED) is 0.694. The number of carboxylic acids is 1. The van der Waals surface area contributed by atoms with Crippen molar-refractivity contribution in [3.8, 4) is 0 Å². The summed E-state index contributed by atoms with van der Waals surface area (Å²) in [6.45, 7) is 4.41. The number of carboxylic acid groups (broad SMARTS) is 1. The topological polar surface area (TPSA) is 63.3 Å². The fourth-order valence-corrected chi connectivity index (χ4v) is 1.21. The number of rotatable bonds is 7. The standard InChI is InChI=1S/C10H23N.C2HF3O2/c1-3-5-6-7-8-9-10(11)4-2;3-2(4,5)1(6)7/h10H,3-9,11H2,1-2H3;(H,6,7). The summed E-state index contributed by atoms with van der Waals surface area (Å²) in [6, 6.07) is 0.455. The van der Waals surface area contributed by atoms with Crippen molar-refractivity contribution in [1.29, 1.82) is 0 Å². The fraction of sp³-hybridized carbons (Fsp3) is 0.917. The lowest BCUT2D eigenvalue weighted by atomic mass is 10.1. The highest BCUT2D eigenvalue weighted by molar-refractivity contribution is 5.73. The van der Waals surface area contributed by atoms with E-state index in [0.29, 0.717) is 6.04 Å². The first-order valence-corrected chi connectivity index (χ1v) is 6.31. The average molecular weight is 271 g/mol. The molecule has 0 aliphatic carbocycles. The molecule has 18 heavy (non-hydrogen) atoms. The number of unbranched alkanes of at least 4 members (excludes halogenated alkanes) is 4. The molecule has 0 radical (unpaired) electrons. The van der Waals surface area contributed by atoms with Gasteiger partial charge in [-0.05, 0) is 12.8 Å². The van der Waals surface area contributed by atoms with Crippen LogP contribution in [0.25, 0.3) is 0 Å². The molecular weight excluding hydrogens is 247 g/mol. The van der Waals surface area contributed by atoms with E-state index in [4.69, 9.17) is 15.6 Å². The van der Waals surface area contributed by atoms with Crippen LogP contribution in [0.1, 0.15) is 58.8 Å². The number of halogens is 3. The molecule has 0 fully saturated rings. The molecule has 0 aromatic carbocycles. The van der Waals surface area contributed by atoms with E-state index < -0.39 is 12.1 Å². The molecule has 0 aromatic heterocycles. The van der Waals surface area contributed by atoms with E-state index in [1.807, 2.05) is 0 Å². The Hall–Kier alpha value is -0.780. The fourth-order valence-electron chi connectivity index (χ4n) is 1.21. The van der Waals surface area contributed by atoms with Crippen molar-refractivity contribution in [2.45, 2.75) is 71.0 Å². The zero-order valence-corrected chi connectivity index (χ0v) is 11.1. The predicted octanol–water partition coefficient (Wildman–Crippen LogP) is 3.72. The first-order valence-electron chi connectivity index (χ1n) is 6.31. The van der Waals surface area contributed by atoms with Gasteiger partial charge in [0, 0.05) is 6.04 Å². The van der Waals surface area contributed by atoms with E-state index in [0.717, 1.165) is 6.42 Å². The lowest BCUT2D eigenvalue weighted by Crippen LogP contribution is -2.21. The molecule has 110 valence electrons. The van der Waals surface area contributed by atoms with Gasteiger partial charge in [0.2, 0.25) is 0 Å². The number of carbonyl (C=O) groups is 1. The predicted molar refractivity (Wildman–Crippen MR) is 65.3 cm³/mol. The van der Waals surface area contributed by atoms with Gasteiger partial charge in [0.05, 0.1) is 0 Å². The van der Waals surface area contributed by atoms with Crippen molar-refractivity contribution in [2.75, 3.05) is 0 Å². The lowest BCUT2D eigenvalue weighted by molar-refractivity contribution is -0.192. The molecule has 1 unspecified atom stereocenters. The number of aliphatic carboxylic acids is 1. The average Bonchev–Trinajstić information content (AvgIpc) is 2.28. The van der Waals surface area contributed by atoms with Gasteiger partial charge in [-0.1, -0.05) is 46.0 Å². The van der Waals surface area contributed by atoms with Crippen molar-refractivity contribution in [3.05, 3.63) is 0 Å². The molecular formula is C12H24F3NO2. The first-order chi connectivity index (χ1) is 8.25. The second kappa shape index (κ2) is 11.3. The Morgan fingerprint density at radius 2 is 1.61 bits per heavy atom. The van der Waals surface area contributed by atoms with Gasteiger partial charge < -0.3 is 10.8 Å². The van der Waals surface area contributed by atoms with Crippen LogP contribution in [-0.2, 0) is 4.79 Å². The zero-order valence-electron chi connectivity index (χ0n) is 11.1. The Morgan fingerprint density at radius 1 is 1.17 bits per heavy atom. The summed E-state index contributed by atoms with van der Waals surface area (Å²) in [5.74, 6) is -2.76. The van der Waals surface area contributed by atoms with E-state index in [1.54, 1.807) is 0 Å². The highest BCUT2D eigenvalue weighted by Crippen LogP contribution is 2.13. The van der Waals surface area contributed by atoms with Crippen LogP contribution in [0.2, 0.25) is 0 Å². The van der Waals surface area contributed by atoms with Gasteiger partial charge in [-0.2, -0.15) is 13.2 Å². The van der Waals surface area contributed by atoms with Crippen LogP contribution in [0, 0.1) is 0 Å². The normalized spacial score (nSPS) is 12.6. The molecule has 3 N–H and O–H groups in total. The van der Waals surface area contributed by atoms with E-state index >= 15 is 0 Å². The van der Waals surface area contributed by atoms with Crippen LogP contribution >= 0.6 is 0 Å². The second-order valence-electron chi connectivity index (χ2n) is 4.17. The minimum Gasteiger partial charge on any atom is -0.475 e. The van der Waals surface area contributed by atoms with Crippen LogP contribution in [-0.4, -0.2) is 23.3 Å². The van der Waals surface area contributed by atoms with Gasteiger partial charge in [0.1, 0.15) is 0 Å². The highest BCUT2D eigenvalue weighted by Gasteiger charge is 2.38. The van der Waals surface area contributed by atoms with E-state index in [9.17, 15) is 13.2 Å². The maximum atomic E-state index is 10.6. The summed E-state index contributed by atoms with van der Waals surface area (Å²) in [4.78, 5) is 8.90. The third-order valence-electron chi connectivity index (χ3n) is 2.45. The highest BCUT2D eigenvalue weighted by atomic mass is 19.4. The van der Waals surface area contributed by atoms with Crippen molar-refractivity contribution < 1.29 is 23.1 Å². The Kier molecular flexibility index (Phi) is 12.3. The summed E-state index contributed by atoms with van der Waals surface area (Å²) in [5, 5.41) is 7.12. The second-order valence-corrected chi connectivity index (χ2v) is 4.17. The molecule has 0 rings (SSSR count). The number of alkyl halides is 3. The van der Waals surface area contributed by atoms with Crippen LogP contribution in [0.5, 0.6) is 0 Å². The van der Waals surface area contributed by atoms with E-state index in [1.165, 1.54) is 38.5 Å². The Balaban J connectivity index is 0. The number of nitrogens with two attached hydrogens (primary N) is 1. The third kappa shape index (κ3) is 15.2. The molecule has 0 saturated heterocycles. The van der Waals surface area contributed by atoms with E-state index in [2.05, 4.69) is 13.8 Å². The Bertz CT molecular complexity index is 208. The summed E-state index contributed by atoms with van der Waals surface area (Å²) < 4.78 is 31.7. The van der Waals surface area contributed by atoms with E-state index in [-0.39, 0.29) is 0 Å². The number of hydrogen-bond acceptors (Lipinski definition) is 2. The molecule has 0 aliphatic rings. The summed E-state index contributed by atoms with van der Waals surface area (Å²) in [7, 11) is 0. The Morgan fingerprint density at radius 3 is 1.94 bits per heavy atom. The SMILES string of the molecule is CCCCCCCC(N)CC.O=C(O)C(F)(F)F. The van der Waals surface area contributed by atoms with Crippen LogP contribution in [0.3, 0.4) is 0 Å². The smallest absolute Gasteiger partial charge is 0.475 e. The molecule has 0 aromatic rings. The van der Waals surface area contributed by atoms with Crippen LogP contribution < -0.4 is 5.73 Å². The first kappa shape index (κ1) is 19.6. The van der Waals surface area contributed by atoms with Gasteiger partial charge in [-0.15, -0.1) is 0 Å². The van der Waals surface area contributed by atoms with Crippen molar-refractivity contribution in [2.24, 2.45) is 5.73 Å². The molecule has 0 aliphatic heterocycles. The number of hydrogen-bond donors (Lipinski definition) is 2. The Labute approximate surface area is 107 Å². The summed E-state index contributed by atoms with van der Waals surface area (Å²) >= 11 is 0. The molecule has 6 heteroatoms. The lowest BCUT2D eigenvalue weighted by Gasteiger charge is -2.06. The zero-order chi connectivity index (χ0) is 14.6. The van der Waals surface area contributed by atoms with Crippen LogP contribution in [0.15, 0.2) is 0 Å². The van der Waals surface area contributed by atoms with Gasteiger partial charge >= 0.3 is 12.1 Å². The monoisotopic (exact) mass is 271 g/mol. The van der Waals surface area contributed by atoms with Gasteiger partial charge in [0.25, 0.3) is 0 Å². The van der Waals surface area contributed by atoms with Crippen LogP contribution in [0.4, 0.5) is 13.2 Å². The minimum atomic E-state index is -5.08. The maximum Gasteiger partial charge on any atom is 0.490 e. The third-order valence-corrected chi connectivity index (χ3v) is 2.45. The van der Waals surface area contributed by atoms with Crippen molar-refractivity contribution in [1.82, 2.24) is 0 Å². The van der Waals surface area contributed by atoms with Gasteiger partial charge in [-0.25, -0.2) is 4.79 Å². The molecule has 0 spiro atoms.